The molecule has 1 heterocycles. The van der Waals surface area contributed by atoms with Crippen molar-refractivity contribution < 1.29 is 14.3 Å². The van der Waals surface area contributed by atoms with Crippen LogP contribution in [0.2, 0.25) is 0 Å². The Morgan fingerprint density at radius 2 is 1.95 bits per heavy atom. The van der Waals surface area contributed by atoms with Gasteiger partial charge in [0.1, 0.15) is 5.57 Å². The van der Waals surface area contributed by atoms with E-state index >= 15 is 0 Å². The van der Waals surface area contributed by atoms with Gasteiger partial charge < -0.3 is 15.9 Å². The second-order valence-corrected chi connectivity index (χ2v) is 4.08. The average molecular weight is 274 g/mol. The number of nitrogens with two attached hydrogens (primary N) is 2. The lowest BCUT2D eigenvalue weighted by molar-refractivity contribution is -0.135. The molecule has 0 spiro atoms. The first-order valence-electron chi connectivity index (χ1n) is 5.82. The van der Waals surface area contributed by atoms with E-state index in [1.54, 1.807) is 30.3 Å². The van der Waals surface area contributed by atoms with Crippen molar-refractivity contribution in [1.82, 2.24) is 5.43 Å². The summed E-state index contributed by atoms with van der Waals surface area (Å²) in [5.74, 6) is 4.33. The monoisotopic (exact) mass is 274 g/mol. The van der Waals surface area contributed by atoms with Crippen LogP contribution >= 0.6 is 0 Å². The van der Waals surface area contributed by atoms with Gasteiger partial charge in [-0.3, -0.25) is 4.79 Å². The highest BCUT2D eigenvalue weighted by Gasteiger charge is 2.35. The quantitative estimate of drug-likeness (QED) is 0.296. The van der Waals surface area contributed by atoms with Crippen LogP contribution in [0.25, 0.3) is 0 Å². The number of carbonyl (C=O) groups is 2. The molecule has 20 heavy (non-hydrogen) atoms. The van der Waals surface area contributed by atoms with Gasteiger partial charge in [0.25, 0.3) is 0 Å². The second-order valence-electron chi connectivity index (χ2n) is 4.08. The third kappa shape index (κ3) is 2.26. The van der Waals surface area contributed by atoms with Crippen LogP contribution in [0, 0.1) is 0 Å². The van der Waals surface area contributed by atoms with Crippen molar-refractivity contribution in [3.8, 4) is 0 Å². The molecule has 1 aromatic rings. The minimum atomic E-state index is -0.974. The molecule has 7 heteroatoms. The predicted molar refractivity (Wildman–Crippen MR) is 72.5 cm³/mol. The molecule has 0 fully saturated rings. The van der Waals surface area contributed by atoms with Crippen molar-refractivity contribution in [3.05, 3.63) is 47.2 Å². The van der Waals surface area contributed by atoms with E-state index in [9.17, 15) is 9.59 Å². The maximum Gasteiger partial charge on any atom is 0.343 e. The number of rotatable bonds is 3. The first kappa shape index (κ1) is 13.8. The maximum atomic E-state index is 12.3. The minimum Gasteiger partial charge on any atom is -0.465 e. The van der Waals surface area contributed by atoms with Crippen molar-refractivity contribution in [1.29, 1.82) is 0 Å². The van der Waals surface area contributed by atoms with Crippen LogP contribution in [0.4, 0.5) is 0 Å². The van der Waals surface area contributed by atoms with Gasteiger partial charge in [-0.15, -0.1) is 0 Å². The number of aliphatic imine (C=N–C) groups is 1. The Morgan fingerprint density at radius 3 is 2.50 bits per heavy atom. The number of Topliss-reactive ketones (excluding diaryl/α,β-unsaturated/α-hetero) is 1. The van der Waals surface area contributed by atoms with Crippen LogP contribution in [-0.4, -0.2) is 30.7 Å². The molecule has 1 atom stereocenters. The molecule has 0 radical (unpaired) electrons. The van der Waals surface area contributed by atoms with Gasteiger partial charge in [-0.2, -0.15) is 0 Å². The maximum absolute atomic E-state index is 12.3. The van der Waals surface area contributed by atoms with Gasteiger partial charge in [0.2, 0.25) is 0 Å². The summed E-state index contributed by atoms with van der Waals surface area (Å²) < 4.78 is 4.61. The number of esters is 1. The minimum absolute atomic E-state index is 0.00992. The van der Waals surface area contributed by atoms with E-state index in [0.717, 1.165) is 0 Å². The fourth-order valence-corrected chi connectivity index (χ4v) is 1.92. The van der Waals surface area contributed by atoms with Gasteiger partial charge in [0.05, 0.1) is 12.8 Å². The third-order valence-electron chi connectivity index (χ3n) is 2.91. The van der Waals surface area contributed by atoms with E-state index in [4.69, 9.17) is 11.6 Å². The van der Waals surface area contributed by atoms with Crippen molar-refractivity contribution in [3.63, 3.8) is 0 Å². The highest BCUT2D eigenvalue weighted by molar-refractivity contribution is 6.23. The van der Waals surface area contributed by atoms with Crippen molar-refractivity contribution in [2.24, 2.45) is 16.6 Å². The summed E-state index contributed by atoms with van der Waals surface area (Å²) in [5, 5.41) is 0. The van der Waals surface area contributed by atoms with Crippen LogP contribution in [-0.2, 0) is 9.53 Å². The number of ether oxygens (including phenoxy) is 1. The van der Waals surface area contributed by atoms with E-state index in [0.29, 0.717) is 5.56 Å². The molecule has 0 amide bonds. The zero-order valence-electron chi connectivity index (χ0n) is 10.8. The summed E-state index contributed by atoms with van der Waals surface area (Å²) in [7, 11) is 1.21. The lowest BCUT2D eigenvalue weighted by Crippen LogP contribution is -2.34. The highest BCUT2D eigenvalue weighted by Crippen LogP contribution is 2.21. The number of ketones is 1. The number of hydrazine groups is 1. The van der Waals surface area contributed by atoms with E-state index in [-0.39, 0.29) is 22.9 Å². The van der Waals surface area contributed by atoms with Gasteiger partial charge in [-0.25, -0.2) is 15.6 Å². The number of methoxy groups -OCH3 is 1. The number of carbonyl (C=O) groups excluding carboxylic acids is 2. The van der Waals surface area contributed by atoms with E-state index in [1.807, 2.05) is 0 Å². The molecule has 0 saturated heterocycles. The van der Waals surface area contributed by atoms with Gasteiger partial charge >= 0.3 is 5.97 Å². The fourth-order valence-electron chi connectivity index (χ4n) is 1.92. The highest BCUT2D eigenvalue weighted by atomic mass is 16.5. The van der Waals surface area contributed by atoms with Gasteiger partial charge in [-0.05, 0) is 0 Å². The SMILES string of the molecule is COC(=O)C1=C(N)C(C(=O)c2ccccc2)N=C1NN. The third-order valence-corrected chi connectivity index (χ3v) is 2.91. The number of benzene rings is 1. The van der Waals surface area contributed by atoms with Crippen LogP contribution in [0.5, 0.6) is 0 Å². The number of hydrogen-bond acceptors (Lipinski definition) is 7. The molecule has 0 aromatic heterocycles. The van der Waals surface area contributed by atoms with Crippen LogP contribution < -0.4 is 17.0 Å². The zero-order valence-corrected chi connectivity index (χ0v) is 10.8. The molecular weight excluding hydrogens is 260 g/mol. The Kier molecular flexibility index (Phi) is 3.81. The molecular formula is C13H14N4O3. The van der Waals surface area contributed by atoms with Crippen molar-refractivity contribution >= 4 is 17.6 Å². The summed E-state index contributed by atoms with van der Waals surface area (Å²) in [6.07, 6.45) is 0. The van der Waals surface area contributed by atoms with Gasteiger partial charge in [0.15, 0.2) is 17.7 Å². The number of nitrogens with zero attached hydrogens (tertiary/aromatic N) is 1. The molecule has 7 nitrogen and oxygen atoms in total. The number of hydrogen-bond donors (Lipinski definition) is 3. The molecule has 5 N–H and O–H groups in total. The standard InChI is InChI=1S/C13H14N4O3/c1-20-13(19)8-9(14)10(16-12(8)17-15)11(18)7-5-3-2-4-6-7/h2-6,10H,14-15H2,1H3,(H,16,17). The molecule has 104 valence electrons. The molecule has 0 aliphatic carbocycles. The van der Waals surface area contributed by atoms with Crippen LogP contribution in [0.15, 0.2) is 46.6 Å². The molecule has 0 saturated carbocycles. The smallest absolute Gasteiger partial charge is 0.343 e. The van der Waals surface area contributed by atoms with E-state index < -0.39 is 12.0 Å². The predicted octanol–water partition coefficient (Wildman–Crippen LogP) is -0.501. The van der Waals surface area contributed by atoms with Crippen molar-refractivity contribution in [2.75, 3.05) is 7.11 Å². The Bertz CT molecular complexity index is 607. The Labute approximate surface area is 115 Å². The van der Waals surface area contributed by atoms with Crippen LogP contribution in [0.3, 0.4) is 0 Å². The average Bonchev–Trinajstić information content (AvgIpc) is 2.83. The largest absolute Gasteiger partial charge is 0.465 e. The van der Waals surface area contributed by atoms with Gasteiger partial charge in [-0.1, -0.05) is 30.3 Å². The lowest BCUT2D eigenvalue weighted by atomic mass is 10.0. The van der Waals surface area contributed by atoms with E-state index in [2.05, 4.69) is 15.2 Å². The Balaban J connectivity index is 2.39. The first-order chi connectivity index (χ1) is 9.60. The Hall–Kier alpha value is -2.67. The summed E-state index contributed by atoms with van der Waals surface area (Å²) in [6, 6.07) is 7.58. The lowest BCUT2D eigenvalue weighted by Gasteiger charge is -2.08. The number of nitrogens with one attached hydrogen (secondary N) is 1. The summed E-state index contributed by atoms with van der Waals surface area (Å²) in [4.78, 5) is 28.0. The topological polar surface area (TPSA) is 120 Å². The number of amidine groups is 1. The molecule has 0 bridgehead atoms. The van der Waals surface area contributed by atoms with E-state index in [1.165, 1.54) is 7.11 Å². The molecule has 1 aromatic carbocycles. The summed E-state index contributed by atoms with van der Waals surface area (Å²) >= 11 is 0. The summed E-state index contributed by atoms with van der Waals surface area (Å²) in [6.45, 7) is 0. The molecule has 1 aliphatic heterocycles. The molecule has 1 aliphatic rings. The first-order valence-corrected chi connectivity index (χ1v) is 5.82. The normalized spacial score (nSPS) is 17.7. The second kappa shape index (κ2) is 5.54. The molecule has 1 unspecified atom stereocenters. The summed E-state index contributed by atoms with van der Waals surface area (Å²) in [5.41, 5.74) is 8.57. The molecule has 2 rings (SSSR count). The Morgan fingerprint density at radius 1 is 1.30 bits per heavy atom. The zero-order chi connectivity index (χ0) is 14.7. The fraction of sp³-hybridized carbons (Fsp3) is 0.154. The van der Waals surface area contributed by atoms with Crippen LogP contribution in [0.1, 0.15) is 10.4 Å². The van der Waals surface area contributed by atoms with Gasteiger partial charge in [0, 0.05) is 5.56 Å². The van der Waals surface area contributed by atoms with Crippen molar-refractivity contribution in [2.45, 2.75) is 6.04 Å².